The maximum atomic E-state index is 12.7. The number of rotatable bonds is 9. The monoisotopic (exact) mass is 454 g/mol. The van der Waals surface area contributed by atoms with Crippen LogP contribution in [0.5, 0.6) is 0 Å². The second-order valence-corrected chi connectivity index (χ2v) is 10.2. The number of hydrogen-bond donors (Lipinski definition) is 2. The first-order valence-electron chi connectivity index (χ1n) is 11.3. The first kappa shape index (κ1) is 22.5. The number of aromatic nitrogens is 2. The highest BCUT2D eigenvalue weighted by molar-refractivity contribution is 7.89. The van der Waals surface area contributed by atoms with Gasteiger partial charge in [-0.25, -0.2) is 13.4 Å². The minimum absolute atomic E-state index is 0.000351. The summed E-state index contributed by atoms with van der Waals surface area (Å²) in [5, 5.41) is 2.95. The minimum Gasteiger partial charge on any atom is -0.356 e. The van der Waals surface area contributed by atoms with E-state index in [4.69, 9.17) is 0 Å². The molecule has 1 saturated heterocycles. The van der Waals surface area contributed by atoms with Crippen LogP contribution in [0.3, 0.4) is 0 Å². The van der Waals surface area contributed by atoms with E-state index in [0.717, 1.165) is 54.5 Å². The number of para-hydroxylation sites is 2. The Hall–Kier alpha value is -2.71. The molecule has 1 aromatic heterocycles. The average molecular weight is 455 g/mol. The summed E-state index contributed by atoms with van der Waals surface area (Å²) in [5.41, 5.74) is 2.95. The number of benzene rings is 2. The Morgan fingerprint density at radius 3 is 2.50 bits per heavy atom. The lowest BCUT2D eigenvalue weighted by molar-refractivity contribution is -0.121. The lowest BCUT2D eigenvalue weighted by Crippen LogP contribution is -2.35. The molecular formula is C24H30N4O3S. The number of aromatic amines is 1. The zero-order chi connectivity index (χ0) is 22.4. The second-order valence-electron chi connectivity index (χ2n) is 8.26. The summed E-state index contributed by atoms with van der Waals surface area (Å²) in [6.07, 6.45) is 5.49. The Morgan fingerprint density at radius 1 is 1.00 bits per heavy atom. The van der Waals surface area contributed by atoms with Crippen LogP contribution in [0.15, 0.2) is 53.4 Å². The molecule has 8 heteroatoms. The first-order chi connectivity index (χ1) is 15.5. The fourth-order valence-electron chi connectivity index (χ4n) is 4.04. The van der Waals surface area contributed by atoms with E-state index in [0.29, 0.717) is 37.4 Å². The van der Waals surface area contributed by atoms with E-state index in [2.05, 4.69) is 15.3 Å². The summed E-state index contributed by atoms with van der Waals surface area (Å²) in [4.78, 5) is 20.3. The van der Waals surface area contributed by atoms with Gasteiger partial charge in [0, 0.05) is 32.5 Å². The first-order valence-corrected chi connectivity index (χ1v) is 12.8. The number of amides is 1. The van der Waals surface area contributed by atoms with Gasteiger partial charge in [-0.05, 0) is 55.5 Å². The van der Waals surface area contributed by atoms with Crippen molar-refractivity contribution in [1.82, 2.24) is 19.6 Å². The van der Waals surface area contributed by atoms with Crippen molar-refractivity contribution in [2.24, 2.45) is 0 Å². The summed E-state index contributed by atoms with van der Waals surface area (Å²) in [5.74, 6) is 0.930. The minimum atomic E-state index is -3.41. The third kappa shape index (κ3) is 5.55. The van der Waals surface area contributed by atoms with E-state index in [1.165, 1.54) is 0 Å². The van der Waals surface area contributed by atoms with Gasteiger partial charge in [-0.1, -0.05) is 30.7 Å². The Kier molecular flexibility index (Phi) is 7.22. The van der Waals surface area contributed by atoms with Gasteiger partial charge in [0.2, 0.25) is 15.9 Å². The van der Waals surface area contributed by atoms with Crippen LogP contribution in [0.4, 0.5) is 0 Å². The molecule has 7 nitrogen and oxygen atoms in total. The number of carbonyl (C=O) groups is 1. The largest absolute Gasteiger partial charge is 0.356 e. The van der Waals surface area contributed by atoms with Gasteiger partial charge < -0.3 is 10.3 Å². The Labute approximate surface area is 189 Å². The van der Waals surface area contributed by atoms with Gasteiger partial charge in [0.1, 0.15) is 5.82 Å². The van der Waals surface area contributed by atoms with E-state index >= 15 is 0 Å². The smallest absolute Gasteiger partial charge is 0.243 e. The maximum Gasteiger partial charge on any atom is 0.243 e. The van der Waals surface area contributed by atoms with Crippen LogP contribution >= 0.6 is 0 Å². The molecule has 1 aliphatic heterocycles. The number of carbonyl (C=O) groups excluding carboxylic acids is 1. The van der Waals surface area contributed by atoms with Gasteiger partial charge in [-0.3, -0.25) is 4.79 Å². The van der Waals surface area contributed by atoms with Crippen molar-refractivity contribution < 1.29 is 13.2 Å². The zero-order valence-electron chi connectivity index (χ0n) is 18.2. The topological polar surface area (TPSA) is 95.2 Å². The molecule has 0 unspecified atom stereocenters. The molecule has 0 aliphatic carbocycles. The molecule has 2 N–H and O–H groups in total. The van der Waals surface area contributed by atoms with Crippen molar-refractivity contribution >= 4 is 27.0 Å². The van der Waals surface area contributed by atoms with Crippen molar-refractivity contribution in [3.63, 3.8) is 0 Å². The summed E-state index contributed by atoms with van der Waals surface area (Å²) in [6.45, 7) is 1.80. The SMILES string of the molecule is O=C(CCc1ccc(S(=O)(=O)N2CCCCC2)cc1)NCCCc1nc2ccccc2[nH]1. The summed E-state index contributed by atoms with van der Waals surface area (Å²) >= 11 is 0. The molecule has 1 fully saturated rings. The van der Waals surface area contributed by atoms with E-state index < -0.39 is 10.0 Å². The number of fused-ring (bicyclic) bond motifs is 1. The number of sulfonamides is 1. The number of nitrogens with one attached hydrogen (secondary N) is 2. The fraction of sp³-hybridized carbons (Fsp3) is 0.417. The van der Waals surface area contributed by atoms with Gasteiger partial charge in [-0.15, -0.1) is 0 Å². The zero-order valence-corrected chi connectivity index (χ0v) is 19.0. The predicted molar refractivity (Wildman–Crippen MR) is 125 cm³/mol. The van der Waals surface area contributed by atoms with E-state index in [9.17, 15) is 13.2 Å². The van der Waals surface area contributed by atoms with Crippen LogP contribution in [0.25, 0.3) is 11.0 Å². The fourth-order valence-corrected chi connectivity index (χ4v) is 5.55. The third-order valence-corrected chi connectivity index (χ3v) is 7.78. The molecule has 0 atom stereocenters. The van der Waals surface area contributed by atoms with Gasteiger partial charge in [-0.2, -0.15) is 4.31 Å². The Bertz CT molecular complexity index is 1120. The molecule has 0 bridgehead atoms. The molecule has 32 heavy (non-hydrogen) atoms. The highest BCUT2D eigenvalue weighted by Gasteiger charge is 2.25. The van der Waals surface area contributed by atoms with Crippen LogP contribution in [-0.4, -0.2) is 48.2 Å². The lowest BCUT2D eigenvalue weighted by atomic mass is 10.1. The van der Waals surface area contributed by atoms with Crippen molar-refractivity contribution in [3.8, 4) is 0 Å². The van der Waals surface area contributed by atoms with Crippen molar-refractivity contribution in [3.05, 3.63) is 59.9 Å². The van der Waals surface area contributed by atoms with Crippen molar-refractivity contribution in [2.45, 2.75) is 49.8 Å². The van der Waals surface area contributed by atoms with Crippen LogP contribution < -0.4 is 5.32 Å². The predicted octanol–water partition coefficient (Wildman–Crippen LogP) is 3.42. The molecule has 1 aliphatic rings. The Morgan fingerprint density at radius 2 is 1.75 bits per heavy atom. The second kappa shape index (κ2) is 10.3. The van der Waals surface area contributed by atoms with Crippen molar-refractivity contribution in [1.29, 1.82) is 0 Å². The molecule has 0 saturated carbocycles. The molecule has 1 amide bonds. The van der Waals surface area contributed by atoms with Gasteiger partial charge >= 0.3 is 0 Å². The molecule has 3 aromatic rings. The highest BCUT2D eigenvalue weighted by Crippen LogP contribution is 2.21. The van der Waals surface area contributed by atoms with Crippen LogP contribution in [-0.2, 0) is 27.7 Å². The standard InChI is InChI=1S/C24H30N4O3S/c29-24(25-16-6-9-23-26-21-7-2-3-8-22(21)27-23)15-12-19-10-13-20(14-11-19)32(30,31)28-17-4-1-5-18-28/h2-3,7-8,10-11,13-14H,1,4-6,9,12,15-18H2,(H,25,29)(H,26,27). The molecule has 2 aromatic carbocycles. The summed E-state index contributed by atoms with van der Waals surface area (Å²) in [6, 6.07) is 14.9. The van der Waals surface area contributed by atoms with E-state index in [1.807, 2.05) is 36.4 Å². The van der Waals surface area contributed by atoms with E-state index in [-0.39, 0.29) is 5.91 Å². The molecule has 170 valence electrons. The van der Waals surface area contributed by atoms with Crippen LogP contribution in [0.2, 0.25) is 0 Å². The van der Waals surface area contributed by atoms with Gasteiger partial charge in [0.25, 0.3) is 0 Å². The van der Waals surface area contributed by atoms with Gasteiger partial charge in [0.05, 0.1) is 15.9 Å². The number of imidazole rings is 1. The summed E-state index contributed by atoms with van der Waals surface area (Å²) < 4.78 is 27.0. The molecule has 2 heterocycles. The molecule has 0 spiro atoms. The number of H-pyrrole nitrogens is 1. The average Bonchev–Trinajstić information content (AvgIpc) is 3.24. The normalized spacial score (nSPS) is 15.1. The molecule has 0 radical (unpaired) electrons. The number of hydrogen-bond acceptors (Lipinski definition) is 4. The lowest BCUT2D eigenvalue weighted by Gasteiger charge is -2.25. The number of piperidine rings is 1. The molecule has 4 rings (SSSR count). The maximum absolute atomic E-state index is 12.7. The third-order valence-electron chi connectivity index (χ3n) is 5.87. The number of aryl methyl sites for hydroxylation is 2. The van der Waals surface area contributed by atoms with Crippen molar-refractivity contribution in [2.75, 3.05) is 19.6 Å². The van der Waals surface area contributed by atoms with Crippen LogP contribution in [0.1, 0.15) is 43.5 Å². The Balaban J connectivity index is 1.19. The quantitative estimate of drug-likeness (QED) is 0.484. The van der Waals surface area contributed by atoms with Gasteiger partial charge in [0.15, 0.2) is 0 Å². The van der Waals surface area contributed by atoms with E-state index in [1.54, 1.807) is 16.4 Å². The number of nitrogens with zero attached hydrogens (tertiary/aromatic N) is 2. The summed E-state index contributed by atoms with van der Waals surface area (Å²) in [7, 11) is -3.41. The van der Waals surface area contributed by atoms with Crippen LogP contribution in [0, 0.1) is 0 Å². The highest BCUT2D eigenvalue weighted by atomic mass is 32.2. The molecular weight excluding hydrogens is 424 g/mol.